The normalized spacial score (nSPS) is 12.9. The Kier molecular flexibility index (Phi) is 12.0. The van der Waals surface area contributed by atoms with Crippen LogP contribution >= 0.6 is 11.6 Å². The minimum atomic E-state index is -0.771. The summed E-state index contributed by atoms with van der Waals surface area (Å²) in [5, 5.41) is 0. The summed E-state index contributed by atoms with van der Waals surface area (Å²) in [4.78, 5) is 38.8. The maximum Gasteiger partial charge on any atom is 0.410 e. The van der Waals surface area contributed by atoms with Gasteiger partial charge in [-0.25, -0.2) is 9.59 Å². The number of halogens is 1. The first-order chi connectivity index (χ1) is 11.8. The first-order valence-corrected chi connectivity index (χ1v) is 9.20. The summed E-state index contributed by atoms with van der Waals surface area (Å²) in [6.07, 6.45) is 3.41. The van der Waals surface area contributed by atoms with Crippen LogP contribution in [0, 0.1) is 0 Å². The van der Waals surface area contributed by atoms with Crippen LogP contribution in [0.3, 0.4) is 0 Å². The van der Waals surface area contributed by atoms with Gasteiger partial charge in [-0.15, -0.1) is 11.6 Å². The molecule has 0 aromatic heterocycles. The van der Waals surface area contributed by atoms with E-state index < -0.39 is 24.1 Å². The highest BCUT2D eigenvalue weighted by molar-refractivity contribution is 6.18. The fourth-order valence-corrected chi connectivity index (χ4v) is 2.09. The van der Waals surface area contributed by atoms with Gasteiger partial charge in [0.05, 0.1) is 12.5 Å². The molecular weight excluding hydrogens is 348 g/mol. The minimum Gasteiger partial charge on any atom is -0.464 e. The molecule has 0 aliphatic heterocycles. The number of alkyl halides is 1. The van der Waals surface area contributed by atoms with Crippen molar-refractivity contribution in [3.63, 3.8) is 0 Å². The first-order valence-electron chi connectivity index (χ1n) is 8.66. The molecule has 2 amide bonds. The number of likely N-dealkylation sites (N-methyl/N-ethyl adjacent to an activating group) is 2. The van der Waals surface area contributed by atoms with Crippen molar-refractivity contribution in [1.82, 2.24) is 9.80 Å². The van der Waals surface area contributed by atoms with E-state index in [1.807, 2.05) is 0 Å². The zero-order chi connectivity index (χ0) is 19.4. The van der Waals surface area contributed by atoms with Crippen LogP contribution in [-0.2, 0) is 19.1 Å². The fraction of sp³-hybridized carbons (Fsp3) is 0.824. The Bertz CT molecular complexity index is 433. The Labute approximate surface area is 155 Å². The van der Waals surface area contributed by atoms with E-state index in [1.165, 1.54) is 23.9 Å². The molecule has 0 heterocycles. The van der Waals surface area contributed by atoms with E-state index in [-0.39, 0.29) is 18.4 Å². The van der Waals surface area contributed by atoms with Gasteiger partial charge in [-0.1, -0.05) is 26.2 Å². The summed E-state index contributed by atoms with van der Waals surface area (Å²) < 4.78 is 10.1. The number of carbonyl (C=O) groups is 3. The van der Waals surface area contributed by atoms with E-state index in [2.05, 4.69) is 6.92 Å². The summed E-state index contributed by atoms with van der Waals surface area (Å²) in [5.41, 5.74) is 0. The number of ether oxygens (including phenoxy) is 2. The van der Waals surface area contributed by atoms with Gasteiger partial charge in [-0.3, -0.25) is 9.69 Å². The smallest absolute Gasteiger partial charge is 0.410 e. The molecule has 0 aromatic carbocycles. The standard InChI is InChI=1S/C17H31ClN2O5/c1-6-7-8-9-11-24-16(22)14(3)19(4)15(21)13(2)20(5)17(23)25-12-10-18/h13-14H,6-12H2,1-5H3. The van der Waals surface area contributed by atoms with Crippen molar-refractivity contribution < 1.29 is 23.9 Å². The van der Waals surface area contributed by atoms with E-state index in [9.17, 15) is 14.4 Å². The van der Waals surface area contributed by atoms with Gasteiger partial charge < -0.3 is 14.4 Å². The molecule has 0 spiro atoms. The van der Waals surface area contributed by atoms with Gasteiger partial charge in [-0.05, 0) is 20.3 Å². The van der Waals surface area contributed by atoms with Gasteiger partial charge in [0, 0.05) is 14.1 Å². The highest BCUT2D eigenvalue weighted by atomic mass is 35.5. The minimum absolute atomic E-state index is 0.0717. The number of rotatable bonds is 11. The molecule has 25 heavy (non-hydrogen) atoms. The van der Waals surface area contributed by atoms with Crippen LogP contribution in [0.1, 0.15) is 46.5 Å². The number of esters is 1. The van der Waals surface area contributed by atoms with Crippen LogP contribution < -0.4 is 0 Å². The number of unbranched alkanes of at least 4 members (excludes halogenated alkanes) is 3. The van der Waals surface area contributed by atoms with Crippen molar-refractivity contribution in [1.29, 1.82) is 0 Å². The molecule has 8 heteroatoms. The lowest BCUT2D eigenvalue weighted by atomic mass is 10.2. The van der Waals surface area contributed by atoms with Crippen LogP contribution in [0.2, 0.25) is 0 Å². The Morgan fingerprint density at radius 2 is 1.56 bits per heavy atom. The second-order valence-corrected chi connectivity index (χ2v) is 6.32. The van der Waals surface area contributed by atoms with Crippen molar-refractivity contribution in [2.45, 2.75) is 58.5 Å². The van der Waals surface area contributed by atoms with Crippen molar-refractivity contribution in [2.24, 2.45) is 0 Å². The molecule has 7 nitrogen and oxygen atoms in total. The van der Waals surface area contributed by atoms with Crippen LogP contribution in [-0.4, -0.2) is 73.0 Å². The quantitative estimate of drug-likeness (QED) is 0.314. The molecule has 0 saturated heterocycles. The predicted molar refractivity (Wildman–Crippen MR) is 96.6 cm³/mol. The van der Waals surface area contributed by atoms with Crippen LogP contribution in [0.25, 0.3) is 0 Å². The topological polar surface area (TPSA) is 76.2 Å². The van der Waals surface area contributed by atoms with Crippen molar-refractivity contribution in [3.8, 4) is 0 Å². The zero-order valence-electron chi connectivity index (χ0n) is 15.9. The van der Waals surface area contributed by atoms with E-state index in [1.54, 1.807) is 13.8 Å². The molecular formula is C17H31ClN2O5. The Hall–Kier alpha value is -1.50. The van der Waals surface area contributed by atoms with E-state index in [4.69, 9.17) is 21.1 Å². The maximum absolute atomic E-state index is 12.5. The molecule has 0 saturated carbocycles. The predicted octanol–water partition coefficient (Wildman–Crippen LogP) is 2.65. The molecule has 0 aliphatic carbocycles. The summed E-state index contributed by atoms with van der Waals surface area (Å²) in [5.74, 6) is -0.643. The highest BCUT2D eigenvalue weighted by Crippen LogP contribution is 2.08. The van der Waals surface area contributed by atoms with Crippen molar-refractivity contribution in [2.75, 3.05) is 33.2 Å². The Morgan fingerprint density at radius 3 is 2.12 bits per heavy atom. The third-order valence-electron chi connectivity index (χ3n) is 4.04. The van der Waals surface area contributed by atoms with Gasteiger partial charge in [0.2, 0.25) is 5.91 Å². The van der Waals surface area contributed by atoms with E-state index in [0.29, 0.717) is 6.61 Å². The molecule has 0 aliphatic rings. The molecule has 0 bridgehead atoms. The molecule has 0 rings (SSSR count). The zero-order valence-corrected chi connectivity index (χ0v) is 16.7. The molecule has 0 aromatic rings. The molecule has 2 atom stereocenters. The second kappa shape index (κ2) is 12.8. The van der Waals surface area contributed by atoms with Crippen molar-refractivity contribution >= 4 is 29.6 Å². The average Bonchev–Trinajstić information content (AvgIpc) is 2.62. The summed E-state index contributed by atoms with van der Waals surface area (Å²) >= 11 is 5.47. The molecule has 0 N–H and O–H groups in total. The van der Waals surface area contributed by atoms with Gasteiger partial charge in [-0.2, -0.15) is 0 Å². The van der Waals surface area contributed by atoms with E-state index in [0.717, 1.165) is 25.7 Å². The molecule has 146 valence electrons. The van der Waals surface area contributed by atoms with Crippen molar-refractivity contribution in [3.05, 3.63) is 0 Å². The lowest BCUT2D eigenvalue weighted by Gasteiger charge is -2.30. The van der Waals surface area contributed by atoms with Gasteiger partial charge in [0.25, 0.3) is 0 Å². The number of nitrogens with zero attached hydrogens (tertiary/aromatic N) is 2. The molecule has 0 radical (unpaired) electrons. The SMILES string of the molecule is CCCCCCOC(=O)C(C)N(C)C(=O)C(C)N(C)C(=O)OCCCl. The summed E-state index contributed by atoms with van der Waals surface area (Å²) in [6.45, 7) is 5.71. The number of hydrogen-bond donors (Lipinski definition) is 0. The Morgan fingerprint density at radius 1 is 0.920 bits per heavy atom. The van der Waals surface area contributed by atoms with Crippen LogP contribution in [0.4, 0.5) is 4.79 Å². The van der Waals surface area contributed by atoms with Crippen LogP contribution in [0.5, 0.6) is 0 Å². The Balaban J connectivity index is 4.48. The second-order valence-electron chi connectivity index (χ2n) is 5.94. The maximum atomic E-state index is 12.5. The molecule has 2 unspecified atom stereocenters. The first kappa shape index (κ1) is 23.5. The lowest BCUT2D eigenvalue weighted by Crippen LogP contribution is -2.51. The number of carbonyl (C=O) groups excluding carboxylic acids is 3. The fourth-order valence-electron chi connectivity index (χ4n) is 2.02. The summed E-state index contributed by atoms with van der Waals surface area (Å²) in [7, 11) is 2.98. The monoisotopic (exact) mass is 378 g/mol. The van der Waals surface area contributed by atoms with Gasteiger partial charge >= 0.3 is 12.1 Å². The molecule has 0 fully saturated rings. The average molecular weight is 379 g/mol. The van der Waals surface area contributed by atoms with Crippen LogP contribution in [0.15, 0.2) is 0 Å². The third-order valence-corrected chi connectivity index (χ3v) is 4.20. The highest BCUT2D eigenvalue weighted by Gasteiger charge is 2.31. The lowest BCUT2D eigenvalue weighted by molar-refractivity contribution is -0.154. The van der Waals surface area contributed by atoms with E-state index >= 15 is 0 Å². The third kappa shape index (κ3) is 8.43. The van der Waals surface area contributed by atoms with Gasteiger partial charge in [0.1, 0.15) is 18.7 Å². The number of hydrogen-bond acceptors (Lipinski definition) is 5. The summed E-state index contributed by atoms with van der Waals surface area (Å²) in [6, 6.07) is -1.50. The number of amides is 2. The van der Waals surface area contributed by atoms with Gasteiger partial charge in [0.15, 0.2) is 0 Å². The largest absolute Gasteiger partial charge is 0.464 e.